The Morgan fingerprint density at radius 2 is 1.69 bits per heavy atom. The average molecular weight is 662 g/mol. The molecular formula is C39H47N7O3. The van der Waals surface area contributed by atoms with Gasteiger partial charge in [0.25, 0.3) is 5.91 Å². The second kappa shape index (κ2) is 12.8. The van der Waals surface area contributed by atoms with Crippen LogP contribution in [-0.2, 0) is 22.4 Å². The van der Waals surface area contributed by atoms with Crippen LogP contribution in [0.1, 0.15) is 79.0 Å². The van der Waals surface area contributed by atoms with Gasteiger partial charge in [-0.15, -0.1) is 0 Å². The molecular weight excluding hydrogens is 614 g/mol. The molecule has 8 rings (SSSR count). The molecule has 1 atom stereocenters. The maximum atomic E-state index is 13.6. The number of nitrogens with zero attached hydrogens (tertiary/aromatic N) is 4. The van der Waals surface area contributed by atoms with Crippen molar-refractivity contribution in [2.75, 3.05) is 50.7 Å². The van der Waals surface area contributed by atoms with Gasteiger partial charge >= 0.3 is 0 Å². The summed E-state index contributed by atoms with van der Waals surface area (Å²) in [6.45, 7) is 11.1. The van der Waals surface area contributed by atoms with Gasteiger partial charge in [0.2, 0.25) is 11.8 Å². The van der Waals surface area contributed by atoms with Crippen molar-refractivity contribution in [3.63, 3.8) is 0 Å². The molecule has 0 spiro atoms. The smallest absolute Gasteiger partial charge is 0.254 e. The summed E-state index contributed by atoms with van der Waals surface area (Å²) < 4.78 is 0. The molecule has 1 aliphatic carbocycles. The van der Waals surface area contributed by atoms with Gasteiger partial charge in [-0.1, -0.05) is 32.0 Å². The van der Waals surface area contributed by atoms with E-state index in [2.05, 4.69) is 63.3 Å². The van der Waals surface area contributed by atoms with E-state index < -0.39 is 0 Å². The van der Waals surface area contributed by atoms with Gasteiger partial charge in [-0.05, 0) is 85.8 Å². The first kappa shape index (κ1) is 31.8. The Morgan fingerprint density at radius 3 is 2.45 bits per heavy atom. The van der Waals surface area contributed by atoms with Crippen molar-refractivity contribution in [1.29, 1.82) is 0 Å². The van der Waals surface area contributed by atoms with Crippen molar-refractivity contribution in [2.24, 2.45) is 11.3 Å². The summed E-state index contributed by atoms with van der Waals surface area (Å²) in [4.78, 5) is 47.9. The predicted molar refractivity (Wildman–Crippen MR) is 191 cm³/mol. The number of piperazine rings is 1. The number of anilines is 1. The van der Waals surface area contributed by atoms with Gasteiger partial charge in [0.05, 0.1) is 11.6 Å². The second-order valence-electron chi connectivity index (χ2n) is 15.5. The number of H-pyrrole nitrogens is 2. The molecule has 3 amide bonds. The van der Waals surface area contributed by atoms with E-state index in [1.54, 1.807) is 0 Å². The molecule has 0 radical (unpaired) electrons. The SMILES string of the molecule is CC1(C)CCc2c(-c3cc4ccc(C(=O)N5CCN(CC6CCN(c7ccc([C@@H]8CCC(=O)NC8=O)cc7)CC6)CC5)cc4[nH]3)n[nH]c2C1. The normalized spacial score (nSPS) is 22.0. The van der Waals surface area contributed by atoms with Gasteiger partial charge in [0, 0.05) is 85.6 Å². The van der Waals surface area contributed by atoms with Crippen molar-refractivity contribution in [1.82, 2.24) is 30.3 Å². The van der Waals surface area contributed by atoms with Crippen LogP contribution in [-0.4, -0.2) is 88.5 Å². The van der Waals surface area contributed by atoms with Crippen LogP contribution in [0.5, 0.6) is 0 Å². The largest absolute Gasteiger partial charge is 0.372 e. The number of benzene rings is 2. The number of carbonyl (C=O) groups excluding carboxylic acids is 3. The van der Waals surface area contributed by atoms with Crippen molar-refractivity contribution in [3.05, 3.63) is 70.9 Å². The lowest BCUT2D eigenvalue weighted by Gasteiger charge is -2.39. The lowest BCUT2D eigenvalue weighted by atomic mass is 9.76. The van der Waals surface area contributed by atoms with E-state index in [0.717, 1.165) is 111 Å². The Kier molecular flexibility index (Phi) is 8.30. The zero-order valence-corrected chi connectivity index (χ0v) is 28.7. The molecule has 3 saturated heterocycles. The molecule has 10 heteroatoms. The number of rotatable bonds is 6. The Hall–Kier alpha value is -4.44. The highest BCUT2D eigenvalue weighted by Gasteiger charge is 2.31. The van der Waals surface area contributed by atoms with Crippen LogP contribution in [0.25, 0.3) is 22.3 Å². The summed E-state index contributed by atoms with van der Waals surface area (Å²) in [6.07, 6.45) is 6.47. The number of piperidine rings is 2. The highest BCUT2D eigenvalue weighted by Crippen LogP contribution is 2.38. The molecule has 256 valence electrons. The van der Waals surface area contributed by atoms with Crippen LogP contribution >= 0.6 is 0 Å². The maximum absolute atomic E-state index is 13.6. The zero-order valence-electron chi connectivity index (χ0n) is 28.7. The van der Waals surface area contributed by atoms with Crippen molar-refractivity contribution >= 4 is 34.3 Å². The summed E-state index contributed by atoms with van der Waals surface area (Å²) >= 11 is 0. The van der Waals surface area contributed by atoms with Gasteiger partial charge in [-0.3, -0.25) is 29.7 Å². The van der Waals surface area contributed by atoms with Crippen LogP contribution in [0, 0.1) is 11.3 Å². The van der Waals surface area contributed by atoms with E-state index in [1.807, 2.05) is 29.2 Å². The molecule has 4 aliphatic rings. The number of carbonyl (C=O) groups is 3. The first-order valence-electron chi connectivity index (χ1n) is 18.1. The summed E-state index contributed by atoms with van der Waals surface area (Å²) in [5.74, 6) is 0.154. The van der Waals surface area contributed by atoms with Crippen molar-refractivity contribution in [2.45, 2.75) is 64.7 Å². The number of amides is 3. The summed E-state index contributed by atoms with van der Waals surface area (Å²) in [6, 6.07) is 16.5. The van der Waals surface area contributed by atoms with E-state index in [0.29, 0.717) is 24.2 Å². The molecule has 2 aromatic heterocycles. The highest BCUT2D eigenvalue weighted by atomic mass is 16.2. The Balaban J connectivity index is 0.820. The fraction of sp³-hybridized carbons (Fsp3) is 0.487. The Bertz CT molecular complexity index is 1870. The number of hydrogen-bond donors (Lipinski definition) is 3. The molecule has 2 aromatic carbocycles. The molecule has 0 unspecified atom stereocenters. The van der Waals surface area contributed by atoms with Crippen molar-refractivity contribution < 1.29 is 14.4 Å². The number of aromatic amines is 2. The number of fused-ring (bicyclic) bond motifs is 2. The van der Waals surface area contributed by atoms with Gasteiger partial charge < -0.3 is 14.8 Å². The van der Waals surface area contributed by atoms with Gasteiger partial charge in [-0.2, -0.15) is 5.10 Å². The van der Waals surface area contributed by atoms with Crippen LogP contribution < -0.4 is 10.2 Å². The molecule has 49 heavy (non-hydrogen) atoms. The maximum Gasteiger partial charge on any atom is 0.254 e. The molecule has 0 saturated carbocycles. The van der Waals surface area contributed by atoms with Gasteiger partial charge in [0.15, 0.2) is 0 Å². The zero-order chi connectivity index (χ0) is 33.7. The molecule has 3 fully saturated rings. The standard InChI is InChI=1S/C39H47N7O3/c1-39(2)14-11-31-34(23-39)42-43-36(31)33-21-27-3-4-28(22-32(27)40-33)38(49)46-19-17-44(18-20-46)24-25-12-15-45(16-13-25)29-7-5-26(6-8-29)30-9-10-35(47)41-37(30)48/h3-8,21-22,25,30,40H,9-20,23-24H2,1-2H3,(H,42,43)(H,41,47,48)/t30-/m0/s1. The van der Waals surface area contributed by atoms with E-state index in [1.165, 1.54) is 16.9 Å². The minimum Gasteiger partial charge on any atom is -0.372 e. The second-order valence-corrected chi connectivity index (χ2v) is 15.5. The number of aromatic nitrogens is 3. The van der Waals surface area contributed by atoms with E-state index in [-0.39, 0.29) is 23.6 Å². The summed E-state index contributed by atoms with van der Waals surface area (Å²) in [7, 11) is 0. The van der Waals surface area contributed by atoms with Crippen LogP contribution in [0.15, 0.2) is 48.5 Å². The molecule has 4 aromatic rings. The van der Waals surface area contributed by atoms with Gasteiger partial charge in [0.1, 0.15) is 5.69 Å². The minimum absolute atomic E-state index is 0.106. The average Bonchev–Trinajstić information content (AvgIpc) is 3.71. The lowest BCUT2D eigenvalue weighted by Crippen LogP contribution is -2.50. The summed E-state index contributed by atoms with van der Waals surface area (Å²) in [5.41, 5.74) is 8.78. The third kappa shape index (κ3) is 6.50. The molecule has 0 bridgehead atoms. The molecule has 3 N–H and O–H groups in total. The predicted octanol–water partition coefficient (Wildman–Crippen LogP) is 5.27. The monoisotopic (exact) mass is 661 g/mol. The number of hydrogen-bond acceptors (Lipinski definition) is 6. The Labute approximate surface area is 287 Å². The lowest BCUT2D eigenvalue weighted by molar-refractivity contribution is -0.134. The number of imide groups is 1. The van der Waals surface area contributed by atoms with E-state index in [4.69, 9.17) is 5.10 Å². The minimum atomic E-state index is -0.240. The third-order valence-corrected chi connectivity index (χ3v) is 11.5. The summed E-state index contributed by atoms with van der Waals surface area (Å²) in [5, 5.41) is 11.5. The fourth-order valence-electron chi connectivity index (χ4n) is 8.44. The molecule has 5 heterocycles. The first-order valence-corrected chi connectivity index (χ1v) is 18.1. The quantitative estimate of drug-likeness (QED) is 0.243. The Morgan fingerprint density at radius 1 is 0.918 bits per heavy atom. The van der Waals surface area contributed by atoms with Crippen molar-refractivity contribution in [3.8, 4) is 11.4 Å². The topological polar surface area (TPSA) is 117 Å². The van der Waals surface area contributed by atoms with Gasteiger partial charge in [-0.25, -0.2) is 0 Å². The van der Waals surface area contributed by atoms with Crippen LogP contribution in [0.4, 0.5) is 5.69 Å². The highest BCUT2D eigenvalue weighted by molar-refractivity contribution is 6.01. The number of nitrogens with one attached hydrogen (secondary N) is 3. The first-order chi connectivity index (χ1) is 23.7. The molecule has 3 aliphatic heterocycles. The van der Waals surface area contributed by atoms with E-state index >= 15 is 0 Å². The third-order valence-electron chi connectivity index (χ3n) is 11.5. The fourth-order valence-corrected chi connectivity index (χ4v) is 8.44. The van der Waals surface area contributed by atoms with Crippen LogP contribution in [0.3, 0.4) is 0 Å². The van der Waals surface area contributed by atoms with Crippen LogP contribution in [0.2, 0.25) is 0 Å². The van der Waals surface area contributed by atoms with E-state index in [9.17, 15) is 14.4 Å². The molecule has 10 nitrogen and oxygen atoms in total.